The highest BCUT2D eigenvalue weighted by Gasteiger charge is 2.27. The summed E-state index contributed by atoms with van der Waals surface area (Å²) >= 11 is 0. The Morgan fingerprint density at radius 1 is 1.21 bits per heavy atom. The molecule has 0 spiro atoms. The first-order valence-corrected chi connectivity index (χ1v) is 7.71. The first-order valence-electron chi connectivity index (χ1n) is 7.71. The van der Waals surface area contributed by atoms with Gasteiger partial charge in [-0.1, -0.05) is 30.3 Å². The van der Waals surface area contributed by atoms with Crippen LogP contribution in [0.3, 0.4) is 0 Å². The molecular weight excluding hydrogens is 345 g/mol. The number of nitrogens with two attached hydrogens (primary N) is 1. The van der Waals surface area contributed by atoms with Crippen LogP contribution in [0.2, 0.25) is 0 Å². The van der Waals surface area contributed by atoms with E-state index in [-0.39, 0.29) is 30.7 Å². The molecule has 1 atom stereocenters. The van der Waals surface area contributed by atoms with Gasteiger partial charge < -0.3 is 10.6 Å². The fourth-order valence-corrected chi connectivity index (χ4v) is 2.94. The highest BCUT2D eigenvalue weighted by atomic mass is 35.5. The van der Waals surface area contributed by atoms with Crippen molar-refractivity contribution < 1.29 is 4.79 Å². The van der Waals surface area contributed by atoms with E-state index in [1.807, 2.05) is 54.3 Å². The van der Waals surface area contributed by atoms with Crippen LogP contribution >= 0.6 is 24.8 Å². The van der Waals surface area contributed by atoms with Gasteiger partial charge in [-0.05, 0) is 37.9 Å². The molecule has 2 N–H and O–H groups in total. The second-order valence-corrected chi connectivity index (χ2v) is 5.84. The van der Waals surface area contributed by atoms with Gasteiger partial charge in [0.05, 0.1) is 17.0 Å². The Balaban J connectivity index is 0.00000144. The van der Waals surface area contributed by atoms with E-state index in [2.05, 4.69) is 4.98 Å². The number of carbonyl (C=O) groups is 1. The summed E-state index contributed by atoms with van der Waals surface area (Å²) in [7, 11) is 0. The zero-order chi connectivity index (χ0) is 15.5. The second kappa shape index (κ2) is 9.02. The summed E-state index contributed by atoms with van der Waals surface area (Å²) in [5.41, 5.74) is 9.13. The van der Waals surface area contributed by atoms with Gasteiger partial charge in [-0.15, -0.1) is 24.8 Å². The minimum atomic E-state index is 0. The Hall–Kier alpha value is -1.62. The molecule has 0 radical (unpaired) electrons. The predicted octanol–water partition coefficient (Wildman–Crippen LogP) is 3.32. The van der Waals surface area contributed by atoms with E-state index in [4.69, 9.17) is 5.73 Å². The Morgan fingerprint density at radius 3 is 2.50 bits per heavy atom. The van der Waals surface area contributed by atoms with Crippen molar-refractivity contribution in [3.63, 3.8) is 0 Å². The van der Waals surface area contributed by atoms with Crippen LogP contribution in [-0.2, 0) is 0 Å². The highest BCUT2D eigenvalue weighted by molar-refractivity contribution is 5.95. The quantitative estimate of drug-likeness (QED) is 0.904. The summed E-state index contributed by atoms with van der Waals surface area (Å²) in [6.45, 7) is 4.10. The van der Waals surface area contributed by atoms with Crippen molar-refractivity contribution in [3.8, 4) is 11.3 Å². The molecule has 1 aromatic carbocycles. The van der Waals surface area contributed by atoms with Crippen LogP contribution in [-0.4, -0.2) is 35.4 Å². The van der Waals surface area contributed by atoms with E-state index in [0.717, 1.165) is 36.5 Å². The van der Waals surface area contributed by atoms with Crippen LogP contribution in [0, 0.1) is 12.8 Å². The molecule has 4 nitrogen and oxygen atoms in total. The Labute approximate surface area is 155 Å². The van der Waals surface area contributed by atoms with Crippen molar-refractivity contribution in [2.75, 3.05) is 19.6 Å². The molecule has 0 bridgehead atoms. The van der Waals surface area contributed by atoms with Crippen molar-refractivity contribution in [1.82, 2.24) is 9.88 Å². The molecule has 1 aliphatic rings. The van der Waals surface area contributed by atoms with Gasteiger partial charge in [0.15, 0.2) is 0 Å². The maximum Gasteiger partial charge on any atom is 0.255 e. The average Bonchev–Trinajstić information content (AvgIpc) is 3.04. The third-order valence-corrected chi connectivity index (χ3v) is 4.29. The molecule has 130 valence electrons. The Morgan fingerprint density at radius 2 is 1.92 bits per heavy atom. The van der Waals surface area contributed by atoms with E-state index in [1.165, 1.54) is 0 Å². The number of rotatable bonds is 3. The molecule has 24 heavy (non-hydrogen) atoms. The average molecular weight is 368 g/mol. The lowest BCUT2D eigenvalue weighted by Crippen LogP contribution is -2.30. The van der Waals surface area contributed by atoms with Gasteiger partial charge in [-0.25, -0.2) is 0 Å². The van der Waals surface area contributed by atoms with Gasteiger partial charge in [0.25, 0.3) is 5.91 Å². The summed E-state index contributed by atoms with van der Waals surface area (Å²) in [6.07, 6.45) is 0.997. The molecule has 1 saturated heterocycles. The first-order chi connectivity index (χ1) is 10.7. The Kier molecular flexibility index (Phi) is 7.67. The van der Waals surface area contributed by atoms with Gasteiger partial charge in [0, 0.05) is 18.7 Å². The molecule has 1 aromatic heterocycles. The fraction of sp³-hybridized carbons (Fsp3) is 0.333. The molecule has 1 unspecified atom stereocenters. The summed E-state index contributed by atoms with van der Waals surface area (Å²) in [5.74, 6) is 0.501. The van der Waals surface area contributed by atoms with E-state index < -0.39 is 0 Å². The van der Waals surface area contributed by atoms with Crippen molar-refractivity contribution in [1.29, 1.82) is 0 Å². The molecule has 6 heteroatoms. The van der Waals surface area contributed by atoms with Gasteiger partial charge in [-0.3, -0.25) is 9.78 Å². The molecule has 1 fully saturated rings. The van der Waals surface area contributed by atoms with Crippen molar-refractivity contribution in [2.24, 2.45) is 11.7 Å². The molecule has 1 amide bonds. The van der Waals surface area contributed by atoms with E-state index in [1.54, 1.807) is 0 Å². The third kappa shape index (κ3) is 4.26. The smallest absolute Gasteiger partial charge is 0.255 e. The van der Waals surface area contributed by atoms with Crippen LogP contribution in [0.1, 0.15) is 22.5 Å². The molecule has 1 aliphatic heterocycles. The zero-order valence-electron chi connectivity index (χ0n) is 13.6. The SMILES string of the molecule is Cc1nc(-c2ccccc2)ccc1C(=O)N1CCC(CN)C1.Cl.Cl. The van der Waals surface area contributed by atoms with Gasteiger partial charge in [-0.2, -0.15) is 0 Å². The van der Waals surface area contributed by atoms with Crippen LogP contribution in [0.5, 0.6) is 0 Å². The number of aromatic nitrogens is 1. The first kappa shape index (κ1) is 20.4. The summed E-state index contributed by atoms with van der Waals surface area (Å²) in [4.78, 5) is 19.1. The second-order valence-electron chi connectivity index (χ2n) is 5.84. The van der Waals surface area contributed by atoms with E-state index in [0.29, 0.717) is 18.0 Å². The standard InChI is InChI=1S/C18H21N3O.2ClH/c1-13-16(18(22)21-10-9-14(11-19)12-21)7-8-17(20-13)15-5-3-2-4-6-15;;/h2-8,14H,9-12,19H2,1H3;2*1H. The normalized spacial score (nSPS) is 16.2. The van der Waals surface area contributed by atoms with Crippen LogP contribution < -0.4 is 5.73 Å². The van der Waals surface area contributed by atoms with Gasteiger partial charge in [0.1, 0.15) is 0 Å². The third-order valence-electron chi connectivity index (χ3n) is 4.29. The number of carbonyl (C=O) groups excluding carboxylic acids is 1. The lowest BCUT2D eigenvalue weighted by molar-refractivity contribution is 0.0786. The number of pyridine rings is 1. The van der Waals surface area contributed by atoms with E-state index in [9.17, 15) is 4.79 Å². The minimum Gasteiger partial charge on any atom is -0.338 e. The fourth-order valence-electron chi connectivity index (χ4n) is 2.94. The van der Waals surface area contributed by atoms with Crippen LogP contribution in [0.15, 0.2) is 42.5 Å². The molecule has 0 aliphatic carbocycles. The summed E-state index contributed by atoms with van der Waals surface area (Å²) < 4.78 is 0. The molecule has 2 heterocycles. The minimum absolute atomic E-state index is 0. The lowest BCUT2D eigenvalue weighted by atomic mass is 10.1. The van der Waals surface area contributed by atoms with Gasteiger partial charge >= 0.3 is 0 Å². The van der Waals surface area contributed by atoms with E-state index >= 15 is 0 Å². The molecular formula is C18H23Cl2N3O. The largest absolute Gasteiger partial charge is 0.338 e. The topological polar surface area (TPSA) is 59.2 Å². The lowest BCUT2D eigenvalue weighted by Gasteiger charge is -2.17. The molecule has 2 aromatic rings. The number of benzene rings is 1. The number of hydrogen-bond donors (Lipinski definition) is 1. The van der Waals surface area contributed by atoms with Crippen LogP contribution in [0.4, 0.5) is 0 Å². The number of likely N-dealkylation sites (tertiary alicyclic amines) is 1. The number of aryl methyl sites for hydroxylation is 1. The number of halogens is 2. The highest BCUT2D eigenvalue weighted by Crippen LogP contribution is 2.22. The summed E-state index contributed by atoms with van der Waals surface area (Å²) in [6, 6.07) is 13.8. The predicted molar refractivity (Wildman–Crippen MR) is 102 cm³/mol. The van der Waals surface area contributed by atoms with Crippen molar-refractivity contribution in [3.05, 3.63) is 53.7 Å². The number of hydrogen-bond acceptors (Lipinski definition) is 3. The molecule has 3 rings (SSSR count). The summed E-state index contributed by atoms with van der Waals surface area (Å²) in [5, 5.41) is 0. The van der Waals surface area contributed by atoms with Crippen molar-refractivity contribution >= 4 is 30.7 Å². The van der Waals surface area contributed by atoms with Crippen molar-refractivity contribution in [2.45, 2.75) is 13.3 Å². The number of nitrogens with zero attached hydrogens (tertiary/aromatic N) is 2. The van der Waals surface area contributed by atoms with Crippen LogP contribution in [0.25, 0.3) is 11.3 Å². The van der Waals surface area contributed by atoms with Gasteiger partial charge in [0.2, 0.25) is 0 Å². The Bertz CT molecular complexity index is 679. The zero-order valence-corrected chi connectivity index (χ0v) is 15.3. The molecule has 0 saturated carbocycles. The maximum absolute atomic E-state index is 12.6. The maximum atomic E-state index is 12.6. The monoisotopic (exact) mass is 367 g/mol. The number of amides is 1.